The van der Waals surface area contributed by atoms with Gasteiger partial charge in [0.15, 0.2) is 0 Å². The van der Waals surface area contributed by atoms with E-state index in [1.165, 1.54) is 10.9 Å². The molecule has 19 heavy (non-hydrogen) atoms. The van der Waals surface area contributed by atoms with Gasteiger partial charge in [0.05, 0.1) is 5.60 Å². The van der Waals surface area contributed by atoms with Gasteiger partial charge in [-0.1, -0.05) is 31.0 Å². The molecule has 0 aliphatic rings. The second kappa shape index (κ2) is 5.95. The number of nitrogens with one attached hydrogen (secondary N) is 2. The molecule has 0 amide bonds. The van der Waals surface area contributed by atoms with Crippen molar-refractivity contribution < 1.29 is 5.11 Å². The molecule has 3 nitrogen and oxygen atoms in total. The Morgan fingerprint density at radius 1 is 1.42 bits per heavy atom. The van der Waals surface area contributed by atoms with E-state index in [1.807, 2.05) is 31.3 Å². The highest BCUT2D eigenvalue weighted by atomic mass is 35.5. The largest absolute Gasteiger partial charge is 0.389 e. The first-order valence-electron chi connectivity index (χ1n) is 6.70. The van der Waals surface area contributed by atoms with Crippen molar-refractivity contribution in [2.75, 3.05) is 6.54 Å². The van der Waals surface area contributed by atoms with Gasteiger partial charge in [0.1, 0.15) is 0 Å². The predicted octanol–water partition coefficient (Wildman–Crippen LogP) is 3.46. The van der Waals surface area contributed by atoms with Crippen LogP contribution in [0.4, 0.5) is 0 Å². The summed E-state index contributed by atoms with van der Waals surface area (Å²) in [5.41, 5.74) is 1.60. The Labute approximate surface area is 119 Å². The van der Waals surface area contributed by atoms with E-state index in [0.717, 1.165) is 29.9 Å². The lowest BCUT2D eigenvalue weighted by Crippen LogP contribution is -2.37. The van der Waals surface area contributed by atoms with E-state index in [9.17, 15) is 5.11 Å². The number of benzene rings is 1. The minimum absolute atomic E-state index is 0.598. The maximum atomic E-state index is 10.1. The first-order chi connectivity index (χ1) is 9.02. The number of aromatic nitrogens is 1. The number of fused-ring (bicyclic) bond motifs is 1. The van der Waals surface area contributed by atoms with Gasteiger partial charge in [-0.3, -0.25) is 0 Å². The van der Waals surface area contributed by atoms with Crippen LogP contribution in [0.5, 0.6) is 0 Å². The molecule has 0 radical (unpaired) electrons. The van der Waals surface area contributed by atoms with E-state index in [0.29, 0.717) is 6.54 Å². The van der Waals surface area contributed by atoms with Gasteiger partial charge in [-0.05, 0) is 31.0 Å². The first kappa shape index (κ1) is 14.4. The number of halogens is 1. The smallest absolute Gasteiger partial charge is 0.0743 e. The van der Waals surface area contributed by atoms with Crippen molar-refractivity contribution in [3.8, 4) is 0 Å². The van der Waals surface area contributed by atoms with Crippen molar-refractivity contribution in [3.63, 3.8) is 0 Å². The van der Waals surface area contributed by atoms with Crippen LogP contribution in [-0.2, 0) is 6.54 Å². The van der Waals surface area contributed by atoms with Crippen LogP contribution in [0.1, 0.15) is 32.3 Å². The van der Waals surface area contributed by atoms with Crippen LogP contribution in [0, 0.1) is 0 Å². The van der Waals surface area contributed by atoms with Crippen molar-refractivity contribution >= 4 is 22.5 Å². The summed E-state index contributed by atoms with van der Waals surface area (Å²) in [4.78, 5) is 3.21. The molecular formula is C15H21ClN2O. The third kappa shape index (κ3) is 3.72. The Morgan fingerprint density at radius 2 is 2.21 bits per heavy atom. The van der Waals surface area contributed by atoms with Crippen molar-refractivity contribution in [1.29, 1.82) is 0 Å². The van der Waals surface area contributed by atoms with Crippen LogP contribution in [0.15, 0.2) is 24.4 Å². The van der Waals surface area contributed by atoms with Crippen LogP contribution in [0.3, 0.4) is 0 Å². The number of rotatable bonds is 6. The lowest BCUT2D eigenvalue weighted by molar-refractivity contribution is 0.0498. The monoisotopic (exact) mass is 280 g/mol. The van der Waals surface area contributed by atoms with E-state index in [1.54, 1.807) is 0 Å². The van der Waals surface area contributed by atoms with Gasteiger partial charge in [-0.15, -0.1) is 0 Å². The van der Waals surface area contributed by atoms with Crippen molar-refractivity contribution in [3.05, 3.63) is 35.0 Å². The van der Waals surface area contributed by atoms with Crippen LogP contribution in [0.25, 0.3) is 10.9 Å². The molecule has 0 aliphatic carbocycles. The molecule has 0 saturated carbocycles. The van der Waals surface area contributed by atoms with Crippen molar-refractivity contribution in [2.24, 2.45) is 0 Å². The average molecular weight is 281 g/mol. The lowest BCUT2D eigenvalue weighted by Gasteiger charge is -2.22. The van der Waals surface area contributed by atoms with Crippen LogP contribution in [-0.4, -0.2) is 22.2 Å². The molecule has 3 N–H and O–H groups in total. The van der Waals surface area contributed by atoms with Gasteiger partial charge < -0.3 is 15.4 Å². The Hall–Kier alpha value is -1.03. The van der Waals surface area contributed by atoms with Gasteiger partial charge in [0.25, 0.3) is 0 Å². The summed E-state index contributed by atoms with van der Waals surface area (Å²) < 4.78 is 0. The van der Waals surface area contributed by atoms with Crippen molar-refractivity contribution in [1.82, 2.24) is 10.3 Å². The fraction of sp³-hybridized carbons (Fsp3) is 0.467. The van der Waals surface area contributed by atoms with E-state index in [-0.39, 0.29) is 0 Å². The molecule has 0 aliphatic heterocycles. The summed E-state index contributed by atoms with van der Waals surface area (Å²) in [6.07, 6.45) is 3.78. The summed E-state index contributed by atoms with van der Waals surface area (Å²) in [6.45, 7) is 5.29. The molecule has 0 fully saturated rings. The third-order valence-corrected chi connectivity index (χ3v) is 3.57. The summed E-state index contributed by atoms with van der Waals surface area (Å²) in [6, 6.07) is 5.84. The van der Waals surface area contributed by atoms with Crippen LogP contribution in [0.2, 0.25) is 5.02 Å². The molecule has 0 bridgehead atoms. The molecule has 1 aromatic carbocycles. The lowest BCUT2D eigenvalue weighted by atomic mass is 10.0. The summed E-state index contributed by atoms with van der Waals surface area (Å²) in [5, 5.41) is 15.3. The summed E-state index contributed by atoms with van der Waals surface area (Å²) in [7, 11) is 0. The van der Waals surface area contributed by atoms with Crippen molar-refractivity contribution in [2.45, 2.75) is 38.8 Å². The molecule has 1 unspecified atom stereocenters. The Balaban J connectivity index is 1.99. The maximum Gasteiger partial charge on any atom is 0.0743 e. The number of aromatic amines is 1. The molecule has 4 heteroatoms. The van der Waals surface area contributed by atoms with Crippen LogP contribution < -0.4 is 5.32 Å². The molecule has 104 valence electrons. The number of H-pyrrole nitrogens is 1. The van der Waals surface area contributed by atoms with Gasteiger partial charge in [-0.25, -0.2) is 0 Å². The fourth-order valence-electron chi connectivity index (χ4n) is 2.40. The normalized spacial score (nSPS) is 14.7. The molecule has 1 heterocycles. The zero-order valence-corrected chi connectivity index (χ0v) is 12.2. The topological polar surface area (TPSA) is 48.0 Å². The molecule has 2 aromatic rings. The quantitative estimate of drug-likeness (QED) is 0.759. The summed E-state index contributed by atoms with van der Waals surface area (Å²) >= 11 is 5.96. The molecule has 2 rings (SSSR count). The summed E-state index contributed by atoms with van der Waals surface area (Å²) in [5.74, 6) is 0. The van der Waals surface area contributed by atoms with E-state index in [2.05, 4.69) is 17.2 Å². The number of hydrogen-bond acceptors (Lipinski definition) is 2. The third-order valence-electron chi connectivity index (χ3n) is 3.34. The van der Waals surface area contributed by atoms with E-state index >= 15 is 0 Å². The zero-order chi connectivity index (χ0) is 13.9. The van der Waals surface area contributed by atoms with E-state index < -0.39 is 5.60 Å². The highest BCUT2D eigenvalue weighted by molar-refractivity contribution is 6.31. The zero-order valence-electron chi connectivity index (χ0n) is 11.5. The predicted molar refractivity (Wildman–Crippen MR) is 80.5 cm³/mol. The minimum Gasteiger partial charge on any atom is -0.389 e. The number of aliphatic hydroxyl groups is 1. The number of hydrogen-bond donors (Lipinski definition) is 3. The standard InChI is InChI=1S/C15H21ClN2O/c1-3-6-15(2,19)10-17-8-11-9-18-14-7-12(16)4-5-13(11)14/h4-5,7,9,17-19H,3,6,8,10H2,1-2H3. The Bertz CT molecular complexity index is 548. The SMILES string of the molecule is CCCC(C)(O)CNCc1c[nH]c2cc(Cl)ccc12. The second-order valence-electron chi connectivity index (χ2n) is 5.35. The average Bonchev–Trinajstić information content (AvgIpc) is 2.71. The molecular weight excluding hydrogens is 260 g/mol. The second-order valence-corrected chi connectivity index (χ2v) is 5.79. The molecule has 0 spiro atoms. The first-order valence-corrected chi connectivity index (χ1v) is 7.08. The van der Waals surface area contributed by atoms with Gasteiger partial charge >= 0.3 is 0 Å². The highest BCUT2D eigenvalue weighted by Crippen LogP contribution is 2.22. The molecule has 0 saturated heterocycles. The fourth-order valence-corrected chi connectivity index (χ4v) is 2.57. The van der Waals surface area contributed by atoms with Gasteiger partial charge in [0, 0.05) is 35.2 Å². The Kier molecular flexibility index (Phi) is 4.50. The maximum absolute atomic E-state index is 10.1. The van der Waals surface area contributed by atoms with Gasteiger partial charge in [-0.2, -0.15) is 0 Å². The van der Waals surface area contributed by atoms with Gasteiger partial charge in [0.2, 0.25) is 0 Å². The highest BCUT2D eigenvalue weighted by Gasteiger charge is 2.18. The molecule has 1 atom stereocenters. The Morgan fingerprint density at radius 3 is 2.95 bits per heavy atom. The van der Waals surface area contributed by atoms with Crippen LogP contribution >= 0.6 is 11.6 Å². The van der Waals surface area contributed by atoms with E-state index in [4.69, 9.17) is 11.6 Å². The molecule has 1 aromatic heterocycles. The minimum atomic E-state index is -0.635.